The fraction of sp³-hybridized carbons (Fsp3) is 0.435. The highest BCUT2D eigenvalue weighted by Crippen LogP contribution is 2.26. The van der Waals surface area contributed by atoms with Crippen LogP contribution in [0.4, 0.5) is 0 Å². The second-order valence-electron chi connectivity index (χ2n) is 7.95. The van der Waals surface area contributed by atoms with Gasteiger partial charge in [-0.3, -0.25) is 4.79 Å². The van der Waals surface area contributed by atoms with E-state index in [1.807, 2.05) is 55.5 Å². The monoisotopic (exact) mass is 432 g/mol. The highest BCUT2D eigenvalue weighted by molar-refractivity contribution is 7.90. The molecular weight excluding hydrogens is 400 g/mol. The number of nitrogens with one attached hydrogen (secondary N) is 2. The Kier molecular flexibility index (Phi) is 8.43. The van der Waals surface area contributed by atoms with Crippen molar-refractivity contribution in [2.45, 2.75) is 51.7 Å². The Morgan fingerprint density at radius 2 is 1.60 bits per heavy atom. The normalized spacial score (nSPS) is 12.8. The van der Waals surface area contributed by atoms with Crippen molar-refractivity contribution >= 4 is 15.9 Å². The lowest BCUT2D eigenvalue weighted by molar-refractivity contribution is 0.0918. The Hall–Kier alpha value is -2.38. The minimum atomic E-state index is -3.33. The van der Waals surface area contributed by atoms with Gasteiger partial charge in [0.1, 0.15) is 5.75 Å². The molecule has 2 aromatic rings. The van der Waals surface area contributed by atoms with E-state index >= 15 is 0 Å². The fourth-order valence-corrected chi connectivity index (χ4v) is 3.65. The zero-order valence-electron chi connectivity index (χ0n) is 18.3. The van der Waals surface area contributed by atoms with E-state index in [4.69, 9.17) is 4.74 Å². The molecule has 0 spiro atoms. The second kappa shape index (κ2) is 10.6. The first-order valence-corrected chi connectivity index (χ1v) is 11.7. The van der Waals surface area contributed by atoms with Gasteiger partial charge in [0.05, 0.1) is 5.25 Å². The van der Waals surface area contributed by atoms with Crippen molar-refractivity contribution < 1.29 is 17.9 Å². The summed E-state index contributed by atoms with van der Waals surface area (Å²) < 4.78 is 32.4. The topological polar surface area (TPSA) is 84.5 Å². The molecule has 0 aromatic heterocycles. The molecular formula is C23H32N2O4S. The molecule has 2 N–H and O–H groups in total. The molecule has 0 bridgehead atoms. The van der Waals surface area contributed by atoms with Gasteiger partial charge in [0.15, 0.2) is 6.73 Å². The molecule has 0 saturated heterocycles. The van der Waals surface area contributed by atoms with Crippen molar-refractivity contribution in [2.24, 2.45) is 0 Å². The van der Waals surface area contributed by atoms with E-state index in [-0.39, 0.29) is 25.1 Å². The summed E-state index contributed by atoms with van der Waals surface area (Å²) in [5, 5.41) is 2.28. The van der Waals surface area contributed by atoms with Crippen molar-refractivity contribution in [3.63, 3.8) is 0 Å². The van der Waals surface area contributed by atoms with E-state index in [0.717, 1.165) is 5.56 Å². The molecule has 6 nitrogen and oxygen atoms in total. The van der Waals surface area contributed by atoms with Crippen molar-refractivity contribution in [3.05, 3.63) is 65.2 Å². The van der Waals surface area contributed by atoms with Crippen LogP contribution in [0.1, 0.15) is 67.9 Å². The number of hydrogen-bond acceptors (Lipinski definition) is 4. The molecule has 164 valence electrons. The first kappa shape index (κ1) is 23.9. The summed E-state index contributed by atoms with van der Waals surface area (Å²) in [7, 11) is -3.33. The number of sulfonamides is 1. The van der Waals surface area contributed by atoms with Gasteiger partial charge in [-0.2, -0.15) is 0 Å². The molecule has 2 aromatic carbocycles. The van der Waals surface area contributed by atoms with Crippen molar-refractivity contribution in [1.82, 2.24) is 10.0 Å². The number of carbonyl (C=O) groups excluding carboxylic acids is 1. The van der Waals surface area contributed by atoms with Crippen LogP contribution in [0.25, 0.3) is 0 Å². The molecule has 1 unspecified atom stereocenters. The van der Waals surface area contributed by atoms with Crippen LogP contribution in [0.5, 0.6) is 5.75 Å². The molecule has 7 heteroatoms. The van der Waals surface area contributed by atoms with Crippen LogP contribution >= 0.6 is 0 Å². The van der Waals surface area contributed by atoms with Crippen molar-refractivity contribution in [1.29, 1.82) is 0 Å². The standard InChI is InChI=1S/C23H32N2O4S/c1-16(2)19-10-12-20(13-11-19)23(26)24-15-29-22-9-7-6-8-21(22)18(5)14-25-30(27,28)17(3)4/h6-13,16-18,25H,14-15H2,1-5H3,(H,24,26). The largest absolute Gasteiger partial charge is 0.473 e. The lowest BCUT2D eigenvalue weighted by atomic mass is 10.0. The molecule has 0 aliphatic carbocycles. The van der Waals surface area contributed by atoms with E-state index < -0.39 is 15.3 Å². The van der Waals surface area contributed by atoms with Gasteiger partial charge < -0.3 is 10.1 Å². The number of para-hydroxylation sites is 1. The minimum absolute atomic E-state index is 0.0201. The van der Waals surface area contributed by atoms with E-state index in [0.29, 0.717) is 17.2 Å². The third kappa shape index (κ3) is 6.57. The van der Waals surface area contributed by atoms with Crippen LogP contribution in [0.2, 0.25) is 0 Å². The fourth-order valence-electron chi connectivity index (χ4n) is 2.84. The van der Waals surface area contributed by atoms with Gasteiger partial charge >= 0.3 is 0 Å². The predicted octanol–water partition coefficient (Wildman–Crippen LogP) is 4.01. The Balaban J connectivity index is 1.95. The van der Waals surface area contributed by atoms with E-state index in [9.17, 15) is 13.2 Å². The second-order valence-corrected chi connectivity index (χ2v) is 10.3. The molecule has 0 radical (unpaired) electrons. The Labute approximate surface area is 180 Å². The SMILES string of the molecule is CC(C)c1ccc(C(=O)NCOc2ccccc2C(C)CNS(=O)(=O)C(C)C)cc1. The summed E-state index contributed by atoms with van der Waals surface area (Å²) in [6.45, 7) is 9.72. The smallest absolute Gasteiger partial charge is 0.253 e. The van der Waals surface area contributed by atoms with Gasteiger partial charge in [-0.25, -0.2) is 13.1 Å². The lowest BCUT2D eigenvalue weighted by Gasteiger charge is -2.18. The molecule has 0 aliphatic rings. The lowest BCUT2D eigenvalue weighted by Crippen LogP contribution is -2.33. The summed E-state index contributed by atoms with van der Waals surface area (Å²) in [5.41, 5.74) is 2.63. The summed E-state index contributed by atoms with van der Waals surface area (Å²) in [6.07, 6.45) is 0. The van der Waals surface area contributed by atoms with Crippen LogP contribution < -0.4 is 14.8 Å². The van der Waals surface area contributed by atoms with Crippen LogP contribution in [0, 0.1) is 0 Å². The van der Waals surface area contributed by atoms with E-state index in [1.165, 1.54) is 5.56 Å². The van der Waals surface area contributed by atoms with Gasteiger partial charge in [0, 0.05) is 12.1 Å². The number of rotatable bonds is 10. The summed E-state index contributed by atoms with van der Waals surface area (Å²) in [4.78, 5) is 12.3. The summed E-state index contributed by atoms with van der Waals surface area (Å²) >= 11 is 0. The highest BCUT2D eigenvalue weighted by Gasteiger charge is 2.18. The van der Waals surface area contributed by atoms with Crippen LogP contribution in [-0.2, 0) is 10.0 Å². The summed E-state index contributed by atoms with van der Waals surface area (Å²) in [6, 6.07) is 15.0. The molecule has 0 heterocycles. The first-order chi connectivity index (χ1) is 14.1. The van der Waals surface area contributed by atoms with Crippen molar-refractivity contribution in [2.75, 3.05) is 13.3 Å². The van der Waals surface area contributed by atoms with E-state index in [2.05, 4.69) is 23.9 Å². The van der Waals surface area contributed by atoms with Crippen molar-refractivity contribution in [3.8, 4) is 5.75 Å². The number of hydrogen-bond donors (Lipinski definition) is 2. The third-order valence-electron chi connectivity index (χ3n) is 4.96. The highest BCUT2D eigenvalue weighted by atomic mass is 32.2. The Morgan fingerprint density at radius 3 is 2.20 bits per heavy atom. The maximum absolute atomic E-state index is 12.3. The maximum Gasteiger partial charge on any atom is 0.253 e. The van der Waals surface area contributed by atoms with Crippen LogP contribution in [0.15, 0.2) is 48.5 Å². The zero-order chi connectivity index (χ0) is 22.3. The average molecular weight is 433 g/mol. The van der Waals surface area contributed by atoms with E-state index in [1.54, 1.807) is 13.8 Å². The number of benzene rings is 2. The van der Waals surface area contributed by atoms with Gasteiger partial charge in [0.2, 0.25) is 10.0 Å². The van der Waals surface area contributed by atoms with Gasteiger partial charge in [-0.15, -0.1) is 0 Å². The molecule has 30 heavy (non-hydrogen) atoms. The Bertz CT molecular complexity index is 938. The Morgan fingerprint density at radius 1 is 0.967 bits per heavy atom. The molecule has 2 rings (SSSR count). The first-order valence-electron chi connectivity index (χ1n) is 10.2. The number of ether oxygens (including phenoxy) is 1. The quantitative estimate of drug-likeness (QED) is 0.556. The number of carbonyl (C=O) groups is 1. The van der Waals surface area contributed by atoms with Gasteiger partial charge in [-0.05, 0) is 55.0 Å². The average Bonchev–Trinajstić information content (AvgIpc) is 2.72. The minimum Gasteiger partial charge on any atom is -0.473 e. The van der Waals surface area contributed by atoms with Crippen LogP contribution in [-0.4, -0.2) is 32.9 Å². The third-order valence-corrected chi connectivity index (χ3v) is 6.77. The predicted molar refractivity (Wildman–Crippen MR) is 120 cm³/mol. The van der Waals surface area contributed by atoms with Gasteiger partial charge in [-0.1, -0.05) is 51.1 Å². The molecule has 1 atom stereocenters. The van der Waals surface area contributed by atoms with Gasteiger partial charge in [0.25, 0.3) is 5.91 Å². The summed E-state index contributed by atoms with van der Waals surface area (Å²) in [5.74, 6) is 0.729. The number of amides is 1. The zero-order valence-corrected chi connectivity index (χ0v) is 19.1. The molecule has 1 amide bonds. The maximum atomic E-state index is 12.3. The molecule has 0 saturated carbocycles. The molecule has 0 aliphatic heterocycles. The molecule has 0 fully saturated rings. The van der Waals surface area contributed by atoms with Crippen LogP contribution in [0.3, 0.4) is 0 Å².